The van der Waals surface area contributed by atoms with E-state index < -0.39 is 0 Å². The van der Waals surface area contributed by atoms with Crippen molar-refractivity contribution in [2.24, 2.45) is 0 Å². The Morgan fingerprint density at radius 2 is 2.24 bits per heavy atom. The van der Waals surface area contributed by atoms with Crippen molar-refractivity contribution in [3.05, 3.63) is 28.0 Å². The molecule has 0 saturated heterocycles. The SMILES string of the molecule is CCc1ccc(=O)n2c1N(C(=O)CS)C(C)C2. The van der Waals surface area contributed by atoms with E-state index >= 15 is 0 Å². The molecule has 4 nitrogen and oxygen atoms in total. The first-order valence-electron chi connectivity index (χ1n) is 5.75. The lowest BCUT2D eigenvalue weighted by Gasteiger charge is -2.22. The number of aromatic nitrogens is 1. The molecular weight excluding hydrogens is 236 g/mol. The largest absolute Gasteiger partial charge is 0.293 e. The van der Waals surface area contributed by atoms with Gasteiger partial charge in [0.2, 0.25) is 5.91 Å². The Morgan fingerprint density at radius 3 is 2.82 bits per heavy atom. The number of hydrogen-bond donors (Lipinski definition) is 1. The van der Waals surface area contributed by atoms with Crippen LogP contribution in [0.4, 0.5) is 5.82 Å². The highest BCUT2D eigenvalue weighted by Gasteiger charge is 2.32. The molecule has 0 radical (unpaired) electrons. The summed E-state index contributed by atoms with van der Waals surface area (Å²) in [6.45, 7) is 4.54. The molecule has 0 aliphatic carbocycles. The fraction of sp³-hybridized carbons (Fsp3) is 0.500. The Bertz CT molecular complexity index is 510. The van der Waals surface area contributed by atoms with Crippen LogP contribution in [0, 0.1) is 0 Å². The Balaban J connectivity index is 2.61. The van der Waals surface area contributed by atoms with E-state index in [0.717, 1.165) is 17.8 Å². The molecule has 0 bridgehead atoms. The molecule has 17 heavy (non-hydrogen) atoms. The maximum absolute atomic E-state index is 11.9. The topological polar surface area (TPSA) is 42.3 Å². The number of thiol groups is 1. The van der Waals surface area contributed by atoms with Gasteiger partial charge in [0.25, 0.3) is 5.56 Å². The van der Waals surface area contributed by atoms with Crippen LogP contribution in [0.25, 0.3) is 0 Å². The van der Waals surface area contributed by atoms with Crippen LogP contribution >= 0.6 is 12.6 Å². The van der Waals surface area contributed by atoms with E-state index in [1.54, 1.807) is 15.5 Å². The molecule has 0 saturated carbocycles. The van der Waals surface area contributed by atoms with Crippen LogP contribution < -0.4 is 10.5 Å². The van der Waals surface area contributed by atoms with Gasteiger partial charge in [0.15, 0.2) is 0 Å². The van der Waals surface area contributed by atoms with Gasteiger partial charge in [0.1, 0.15) is 5.82 Å². The molecule has 0 aromatic carbocycles. The number of amides is 1. The number of carbonyl (C=O) groups is 1. The zero-order chi connectivity index (χ0) is 12.6. The third kappa shape index (κ3) is 1.88. The minimum atomic E-state index is -0.0487. The third-order valence-electron chi connectivity index (χ3n) is 3.14. The van der Waals surface area contributed by atoms with Crippen LogP contribution in [0.5, 0.6) is 0 Å². The lowest BCUT2D eigenvalue weighted by atomic mass is 10.2. The summed E-state index contributed by atoms with van der Waals surface area (Å²) in [6, 6.07) is 3.41. The van der Waals surface area contributed by atoms with Gasteiger partial charge in [-0.2, -0.15) is 12.6 Å². The number of fused-ring (bicyclic) bond motifs is 1. The summed E-state index contributed by atoms with van der Waals surface area (Å²) >= 11 is 4.03. The number of anilines is 1. The number of aryl methyl sites for hydroxylation is 1. The average Bonchev–Trinajstić information content (AvgIpc) is 2.67. The standard InChI is InChI=1S/C12H16N2O2S/c1-3-9-4-5-10(15)13-6-8(2)14(12(9)13)11(16)7-17/h4-5,8,17H,3,6-7H2,1-2H3. The number of pyridine rings is 1. The van der Waals surface area contributed by atoms with E-state index in [2.05, 4.69) is 12.6 Å². The molecule has 1 aromatic heterocycles. The van der Waals surface area contributed by atoms with Gasteiger partial charge in [-0.15, -0.1) is 0 Å². The summed E-state index contributed by atoms with van der Waals surface area (Å²) < 4.78 is 1.69. The van der Waals surface area contributed by atoms with Crippen molar-refractivity contribution in [1.29, 1.82) is 0 Å². The Morgan fingerprint density at radius 1 is 1.53 bits per heavy atom. The number of nitrogens with zero attached hydrogens (tertiary/aromatic N) is 2. The van der Waals surface area contributed by atoms with Crippen molar-refractivity contribution in [1.82, 2.24) is 4.57 Å². The fourth-order valence-electron chi connectivity index (χ4n) is 2.35. The number of rotatable bonds is 2. The predicted octanol–water partition coefficient (Wildman–Crippen LogP) is 1.08. The van der Waals surface area contributed by atoms with Crippen molar-refractivity contribution < 1.29 is 4.79 Å². The number of carbonyl (C=O) groups excluding carboxylic acids is 1. The summed E-state index contributed by atoms with van der Waals surface area (Å²) in [5, 5.41) is 0. The second kappa shape index (κ2) is 4.56. The average molecular weight is 252 g/mol. The highest BCUT2D eigenvalue weighted by molar-refractivity contribution is 7.81. The predicted molar refractivity (Wildman–Crippen MR) is 70.9 cm³/mol. The van der Waals surface area contributed by atoms with Gasteiger partial charge < -0.3 is 0 Å². The van der Waals surface area contributed by atoms with E-state index in [4.69, 9.17) is 0 Å². The van der Waals surface area contributed by atoms with Crippen LogP contribution in [0.2, 0.25) is 0 Å². The minimum Gasteiger partial charge on any atom is -0.293 e. The lowest BCUT2D eigenvalue weighted by Crippen LogP contribution is -2.37. The zero-order valence-electron chi connectivity index (χ0n) is 10.0. The van der Waals surface area contributed by atoms with Crippen molar-refractivity contribution in [3.63, 3.8) is 0 Å². The van der Waals surface area contributed by atoms with E-state index in [9.17, 15) is 9.59 Å². The fourth-order valence-corrected chi connectivity index (χ4v) is 2.50. The molecule has 1 unspecified atom stereocenters. The smallest absolute Gasteiger partial charge is 0.252 e. The summed E-state index contributed by atoms with van der Waals surface area (Å²) in [4.78, 5) is 25.4. The number of hydrogen-bond acceptors (Lipinski definition) is 3. The van der Waals surface area contributed by atoms with Gasteiger partial charge >= 0.3 is 0 Å². The van der Waals surface area contributed by atoms with Crippen LogP contribution in [0.15, 0.2) is 16.9 Å². The normalized spacial score (nSPS) is 18.3. The van der Waals surface area contributed by atoms with E-state index in [1.165, 1.54) is 0 Å². The van der Waals surface area contributed by atoms with Gasteiger partial charge in [-0.05, 0) is 25.0 Å². The first-order chi connectivity index (χ1) is 8.10. The van der Waals surface area contributed by atoms with Crippen molar-refractivity contribution in [2.75, 3.05) is 10.7 Å². The quantitative estimate of drug-likeness (QED) is 0.800. The Hall–Kier alpha value is -1.23. The molecule has 2 heterocycles. The van der Waals surface area contributed by atoms with Crippen molar-refractivity contribution in [3.8, 4) is 0 Å². The molecular formula is C12H16N2O2S. The third-order valence-corrected chi connectivity index (χ3v) is 3.41. The second-order valence-corrected chi connectivity index (χ2v) is 4.57. The second-order valence-electron chi connectivity index (χ2n) is 4.26. The summed E-state index contributed by atoms with van der Waals surface area (Å²) in [6.07, 6.45) is 0.804. The molecule has 0 N–H and O–H groups in total. The molecule has 1 aliphatic rings. The molecule has 1 aliphatic heterocycles. The highest BCUT2D eigenvalue weighted by atomic mass is 32.1. The summed E-state index contributed by atoms with van der Waals surface area (Å²) in [5.41, 5.74) is 0.989. The van der Waals surface area contributed by atoms with Crippen molar-refractivity contribution in [2.45, 2.75) is 32.9 Å². The zero-order valence-corrected chi connectivity index (χ0v) is 10.9. The molecule has 1 atom stereocenters. The molecule has 0 fully saturated rings. The van der Waals surface area contributed by atoms with Gasteiger partial charge in [-0.25, -0.2) is 0 Å². The molecule has 92 valence electrons. The van der Waals surface area contributed by atoms with Gasteiger partial charge in [-0.3, -0.25) is 19.1 Å². The minimum absolute atomic E-state index is 0.0232. The molecule has 2 rings (SSSR count). The van der Waals surface area contributed by atoms with Crippen LogP contribution in [0.1, 0.15) is 19.4 Å². The summed E-state index contributed by atoms with van der Waals surface area (Å²) in [7, 11) is 0. The van der Waals surface area contributed by atoms with Crippen LogP contribution in [-0.4, -0.2) is 22.3 Å². The highest BCUT2D eigenvalue weighted by Crippen LogP contribution is 2.28. The van der Waals surface area contributed by atoms with E-state index in [0.29, 0.717) is 6.54 Å². The van der Waals surface area contributed by atoms with Gasteiger partial charge in [0, 0.05) is 12.6 Å². The van der Waals surface area contributed by atoms with Crippen LogP contribution in [0.3, 0.4) is 0 Å². The van der Waals surface area contributed by atoms with E-state index in [-0.39, 0.29) is 23.3 Å². The Labute approximate surface area is 106 Å². The first kappa shape index (κ1) is 12.2. The lowest BCUT2D eigenvalue weighted by molar-refractivity contribution is -0.116. The molecule has 5 heteroatoms. The van der Waals surface area contributed by atoms with Crippen molar-refractivity contribution >= 4 is 24.4 Å². The van der Waals surface area contributed by atoms with Gasteiger partial charge in [-0.1, -0.05) is 6.92 Å². The Kier molecular flexibility index (Phi) is 3.28. The first-order valence-corrected chi connectivity index (χ1v) is 6.39. The maximum Gasteiger partial charge on any atom is 0.252 e. The molecule has 1 amide bonds. The monoisotopic (exact) mass is 252 g/mol. The molecule has 1 aromatic rings. The summed E-state index contributed by atoms with van der Waals surface area (Å²) in [5.74, 6) is 0.871. The maximum atomic E-state index is 11.9. The van der Waals surface area contributed by atoms with Crippen LogP contribution in [-0.2, 0) is 17.8 Å². The molecule has 0 spiro atoms. The van der Waals surface area contributed by atoms with Gasteiger partial charge in [0.05, 0.1) is 11.8 Å². The van der Waals surface area contributed by atoms with E-state index in [1.807, 2.05) is 19.9 Å².